The van der Waals surface area contributed by atoms with Gasteiger partial charge in [-0.25, -0.2) is 4.79 Å². The molecule has 4 nitrogen and oxygen atoms in total. The summed E-state index contributed by atoms with van der Waals surface area (Å²) in [6, 6.07) is 1.49. The minimum absolute atomic E-state index is 0.280. The maximum atomic E-state index is 11.2. The predicted molar refractivity (Wildman–Crippen MR) is 47.5 cm³/mol. The van der Waals surface area contributed by atoms with Crippen LogP contribution in [0.5, 0.6) is 0 Å². The van der Waals surface area contributed by atoms with E-state index in [0.717, 1.165) is 17.2 Å². The second kappa shape index (κ2) is 2.82. The van der Waals surface area contributed by atoms with Gasteiger partial charge >= 0.3 is 5.69 Å². The van der Waals surface area contributed by atoms with Gasteiger partial charge in [0.05, 0.1) is 0 Å². The van der Waals surface area contributed by atoms with Gasteiger partial charge in [0.25, 0.3) is 5.56 Å². The largest absolute Gasteiger partial charge is 0.328 e. The molecule has 1 aliphatic heterocycles. The van der Waals surface area contributed by atoms with Crippen LogP contribution in [0, 0.1) is 0 Å². The van der Waals surface area contributed by atoms with Crippen LogP contribution in [0.4, 0.5) is 0 Å². The molecule has 64 valence electrons. The Hall–Kier alpha value is -0.970. The first-order chi connectivity index (χ1) is 5.77. The molecule has 1 aromatic heterocycles. The molecule has 0 unspecified atom stereocenters. The van der Waals surface area contributed by atoms with Gasteiger partial charge in [-0.05, 0) is 0 Å². The minimum Gasteiger partial charge on any atom is -0.296 e. The van der Waals surface area contributed by atoms with Crippen LogP contribution in [0.1, 0.15) is 5.69 Å². The number of H-pyrrole nitrogens is 1. The molecular weight excluding hydrogens is 176 g/mol. The van der Waals surface area contributed by atoms with Crippen molar-refractivity contribution in [2.24, 2.45) is 0 Å². The first kappa shape index (κ1) is 7.67. The highest BCUT2D eigenvalue weighted by Crippen LogP contribution is 2.14. The molecule has 1 aliphatic rings. The fraction of sp³-hybridized carbons (Fsp3) is 0.429. The Balaban J connectivity index is 2.68. The van der Waals surface area contributed by atoms with Crippen molar-refractivity contribution in [1.82, 2.24) is 9.55 Å². The fourth-order valence-corrected chi connectivity index (χ4v) is 2.17. The third kappa shape index (κ3) is 1.20. The van der Waals surface area contributed by atoms with E-state index in [2.05, 4.69) is 4.98 Å². The zero-order chi connectivity index (χ0) is 8.55. The average Bonchev–Trinajstić information content (AvgIpc) is 2.04. The number of fused-ring (bicyclic) bond motifs is 1. The molecular formula is C7H8N2O2S. The number of nitrogens with zero attached hydrogens (tertiary/aromatic N) is 1. The molecule has 1 N–H and O–H groups in total. The maximum Gasteiger partial charge on any atom is 0.328 e. The van der Waals surface area contributed by atoms with Crippen LogP contribution in [-0.2, 0) is 12.3 Å². The molecule has 2 heterocycles. The number of nitrogens with one attached hydrogen (secondary N) is 1. The lowest BCUT2D eigenvalue weighted by molar-refractivity contribution is 0.660. The van der Waals surface area contributed by atoms with E-state index in [9.17, 15) is 9.59 Å². The van der Waals surface area contributed by atoms with E-state index in [1.807, 2.05) is 0 Å². The molecule has 0 saturated carbocycles. The normalized spacial score (nSPS) is 15.7. The Morgan fingerprint density at radius 1 is 1.50 bits per heavy atom. The van der Waals surface area contributed by atoms with Crippen molar-refractivity contribution in [2.45, 2.75) is 12.3 Å². The third-order valence-electron chi connectivity index (χ3n) is 1.83. The van der Waals surface area contributed by atoms with E-state index in [4.69, 9.17) is 0 Å². The number of aromatic nitrogens is 2. The molecule has 0 fully saturated rings. The molecule has 0 spiro atoms. The molecule has 12 heavy (non-hydrogen) atoms. The van der Waals surface area contributed by atoms with Crippen LogP contribution in [0.15, 0.2) is 15.7 Å². The second-order valence-electron chi connectivity index (χ2n) is 2.63. The van der Waals surface area contributed by atoms with Crippen molar-refractivity contribution in [3.05, 3.63) is 32.6 Å². The molecule has 2 rings (SSSR count). The van der Waals surface area contributed by atoms with E-state index < -0.39 is 0 Å². The highest BCUT2D eigenvalue weighted by atomic mass is 32.2. The summed E-state index contributed by atoms with van der Waals surface area (Å²) in [6.45, 7) is 0.704. The Morgan fingerprint density at radius 2 is 2.33 bits per heavy atom. The predicted octanol–water partition coefficient (Wildman–Crippen LogP) is -0.217. The maximum absolute atomic E-state index is 11.2. The van der Waals surface area contributed by atoms with Crippen molar-refractivity contribution < 1.29 is 0 Å². The summed E-state index contributed by atoms with van der Waals surface area (Å²) in [6.07, 6.45) is 0. The van der Waals surface area contributed by atoms with E-state index in [1.165, 1.54) is 6.07 Å². The summed E-state index contributed by atoms with van der Waals surface area (Å²) < 4.78 is 1.62. The van der Waals surface area contributed by atoms with Gasteiger partial charge in [0.15, 0.2) is 0 Å². The van der Waals surface area contributed by atoms with Gasteiger partial charge in [-0.3, -0.25) is 14.3 Å². The Labute approximate surface area is 72.6 Å². The lowest BCUT2D eigenvalue weighted by Crippen LogP contribution is -2.34. The zero-order valence-corrected chi connectivity index (χ0v) is 7.19. The summed E-state index contributed by atoms with van der Waals surface area (Å²) in [5.41, 5.74) is 0.256. The third-order valence-corrected chi connectivity index (χ3v) is 2.80. The van der Waals surface area contributed by atoms with Crippen molar-refractivity contribution in [3.8, 4) is 0 Å². The van der Waals surface area contributed by atoms with Gasteiger partial charge in [-0.2, -0.15) is 11.8 Å². The average molecular weight is 184 g/mol. The van der Waals surface area contributed by atoms with Crippen LogP contribution >= 0.6 is 11.8 Å². The van der Waals surface area contributed by atoms with Crippen molar-refractivity contribution >= 4 is 11.8 Å². The molecule has 0 radical (unpaired) electrons. The van der Waals surface area contributed by atoms with Crippen molar-refractivity contribution in [3.63, 3.8) is 0 Å². The Kier molecular flexibility index (Phi) is 1.80. The summed E-state index contributed by atoms with van der Waals surface area (Å²) in [5.74, 6) is 1.71. The summed E-state index contributed by atoms with van der Waals surface area (Å²) in [5, 5.41) is 0. The number of aromatic amines is 1. The van der Waals surface area contributed by atoms with Crippen LogP contribution in [0.2, 0.25) is 0 Å². The fourth-order valence-electron chi connectivity index (χ4n) is 1.27. The van der Waals surface area contributed by atoms with Gasteiger partial charge in [0, 0.05) is 29.8 Å². The lowest BCUT2D eigenvalue weighted by atomic mass is 10.4. The van der Waals surface area contributed by atoms with E-state index in [-0.39, 0.29) is 11.2 Å². The van der Waals surface area contributed by atoms with Gasteiger partial charge in [-0.1, -0.05) is 0 Å². The van der Waals surface area contributed by atoms with Crippen molar-refractivity contribution in [1.29, 1.82) is 0 Å². The van der Waals surface area contributed by atoms with E-state index in [1.54, 1.807) is 16.3 Å². The smallest absolute Gasteiger partial charge is 0.296 e. The molecule has 5 heteroatoms. The van der Waals surface area contributed by atoms with Gasteiger partial charge in [0.1, 0.15) is 0 Å². The quantitative estimate of drug-likeness (QED) is 0.606. The van der Waals surface area contributed by atoms with Gasteiger partial charge < -0.3 is 0 Å². The monoisotopic (exact) mass is 184 g/mol. The van der Waals surface area contributed by atoms with E-state index >= 15 is 0 Å². The molecule has 0 amide bonds. The summed E-state index contributed by atoms with van der Waals surface area (Å²) in [4.78, 5) is 24.3. The first-order valence-corrected chi connectivity index (χ1v) is 4.83. The SMILES string of the molecule is O=c1cc2n(c(=O)[nH]1)CCSC2. The highest BCUT2D eigenvalue weighted by molar-refractivity contribution is 7.98. The van der Waals surface area contributed by atoms with Gasteiger partial charge in [-0.15, -0.1) is 0 Å². The Bertz CT molecular complexity index is 407. The van der Waals surface area contributed by atoms with Crippen LogP contribution in [0.3, 0.4) is 0 Å². The minimum atomic E-state index is -0.297. The molecule has 1 aromatic rings. The summed E-state index contributed by atoms with van der Waals surface area (Å²) in [7, 11) is 0. The molecule has 0 saturated heterocycles. The van der Waals surface area contributed by atoms with Gasteiger partial charge in [0.2, 0.25) is 0 Å². The number of rotatable bonds is 0. The topological polar surface area (TPSA) is 54.9 Å². The lowest BCUT2D eigenvalue weighted by Gasteiger charge is -2.15. The number of thioether (sulfide) groups is 1. The van der Waals surface area contributed by atoms with Crippen LogP contribution in [0.25, 0.3) is 0 Å². The second-order valence-corrected chi connectivity index (χ2v) is 3.74. The Morgan fingerprint density at radius 3 is 3.17 bits per heavy atom. The van der Waals surface area contributed by atoms with E-state index in [0.29, 0.717) is 6.54 Å². The standard InChI is InChI=1S/C7H8N2O2S/c10-6-3-5-4-12-2-1-9(5)7(11)8-6/h3H,1-2,4H2,(H,8,10,11). The van der Waals surface area contributed by atoms with Crippen LogP contribution in [-0.4, -0.2) is 15.3 Å². The number of hydrogen-bond acceptors (Lipinski definition) is 3. The van der Waals surface area contributed by atoms with Crippen molar-refractivity contribution in [2.75, 3.05) is 5.75 Å². The zero-order valence-electron chi connectivity index (χ0n) is 6.37. The van der Waals surface area contributed by atoms with Crippen LogP contribution < -0.4 is 11.2 Å². The number of hydrogen-bond donors (Lipinski definition) is 1. The molecule has 0 aromatic carbocycles. The molecule has 0 aliphatic carbocycles. The summed E-state index contributed by atoms with van der Waals surface area (Å²) >= 11 is 1.74. The molecule has 0 atom stereocenters. The first-order valence-electron chi connectivity index (χ1n) is 3.68. The highest BCUT2D eigenvalue weighted by Gasteiger charge is 2.10. The molecule has 0 bridgehead atoms.